The van der Waals surface area contributed by atoms with Gasteiger partial charge in [-0.25, -0.2) is 0 Å². The molecule has 1 heterocycles. The predicted octanol–water partition coefficient (Wildman–Crippen LogP) is 3.19. The number of hydrogen-bond donors (Lipinski definition) is 2. The number of hydrogen-bond acceptors (Lipinski definition) is 9. The fourth-order valence-electron chi connectivity index (χ4n) is 3.06. The highest BCUT2D eigenvalue weighted by atomic mass is 127. The topological polar surface area (TPSA) is 146 Å². The molecular formula is C21H22ClI3N2O9. The van der Waals surface area contributed by atoms with Crippen molar-refractivity contribution in [1.82, 2.24) is 5.32 Å². The Morgan fingerprint density at radius 2 is 1.67 bits per heavy atom. The first kappa shape index (κ1) is 31.4. The molecule has 2 unspecified atom stereocenters. The third-order valence-corrected chi connectivity index (χ3v) is 8.01. The lowest BCUT2D eigenvalue weighted by molar-refractivity contribution is -0.160. The molecule has 198 valence electrons. The van der Waals surface area contributed by atoms with Crippen molar-refractivity contribution in [3.05, 3.63) is 21.8 Å². The molecule has 1 aliphatic rings. The number of ether oxygens (including phenoxy) is 4. The number of anilines is 1. The molecule has 1 fully saturated rings. The maximum absolute atomic E-state index is 13.2. The second-order valence-corrected chi connectivity index (χ2v) is 11.5. The number of nitrogens with one attached hydrogen (secondary N) is 2. The van der Waals surface area contributed by atoms with E-state index in [1.54, 1.807) is 13.8 Å². The standard InChI is InChI=1S/C21H22ClI3N2O9/c1-8(28)33-7-11(35-9(2)29)19(31)27-17-15(24)12(18(22)30)14(23)13(16(17)25)20(32)26-5-10-6-34-21(3,4)36-10/h10-11H,5-7H2,1-4H3,(H,26,32)(H,27,31). The summed E-state index contributed by atoms with van der Waals surface area (Å²) in [5.41, 5.74) is 0.236. The van der Waals surface area contributed by atoms with Gasteiger partial charge in [-0.05, 0) is 93.2 Å². The lowest BCUT2D eigenvalue weighted by Crippen LogP contribution is -2.38. The van der Waals surface area contributed by atoms with Gasteiger partial charge in [0.15, 0.2) is 5.79 Å². The maximum Gasteiger partial charge on any atom is 0.303 e. The van der Waals surface area contributed by atoms with Crippen LogP contribution in [-0.4, -0.2) is 66.7 Å². The Morgan fingerprint density at radius 3 is 2.17 bits per heavy atom. The van der Waals surface area contributed by atoms with Crippen LogP contribution in [0.3, 0.4) is 0 Å². The van der Waals surface area contributed by atoms with Crippen LogP contribution in [0, 0.1) is 10.7 Å². The monoisotopic (exact) mass is 862 g/mol. The second-order valence-electron chi connectivity index (χ2n) is 7.89. The van der Waals surface area contributed by atoms with Crippen LogP contribution in [-0.2, 0) is 33.3 Å². The van der Waals surface area contributed by atoms with Crippen molar-refractivity contribution in [2.45, 2.75) is 45.7 Å². The van der Waals surface area contributed by atoms with Gasteiger partial charge >= 0.3 is 11.9 Å². The van der Waals surface area contributed by atoms with Crippen LogP contribution < -0.4 is 10.6 Å². The van der Waals surface area contributed by atoms with Gasteiger partial charge in [0.05, 0.1) is 30.6 Å². The Hall–Kier alpha value is -0.830. The first-order valence-corrected chi connectivity index (χ1v) is 13.9. The Kier molecular flexibility index (Phi) is 11.6. The molecule has 36 heavy (non-hydrogen) atoms. The minimum atomic E-state index is -1.47. The van der Waals surface area contributed by atoms with Crippen molar-refractivity contribution in [2.75, 3.05) is 25.1 Å². The van der Waals surface area contributed by atoms with Crippen molar-refractivity contribution < 1.29 is 42.9 Å². The van der Waals surface area contributed by atoms with Gasteiger partial charge in [0.25, 0.3) is 17.1 Å². The van der Waals surface area contributed by atoms with Gasteiger partial charge in [0.2, 0.25) is 6.10 Å². The molecule has 0 spiro atoms. The molecule has 2 amide bonds. The summed E-state index contributed by atoms with van der Waals surface area (Å²) >= 11 is 11.4. The van der Waals surface area contributed by atoms with Gasteiger partial charge in [-0.1, -0.05) is 0 Å². The fraction of sp³-hybridized carbons (Fsp3) is 0.476. The fourth-order valence-corrected chi connectivity index (χ4v) is 7.99. The predicted molar refractivity (Wildman–Crippen MR) is 153 cm³/mol. The molecule has 2 N–H and O–H groups in total. The lowest BCUT2D eigenvalue weighted by atomic mass is 10.1. The molecule has 1 aromatic rings. The van der Waals surface area contributed by atoms with E-state index in [1.165, 1.54) is 0 Å². The summed E-state index contributed by atoms with van der Waals surface area (Å²) < 4.78 is 21.9. The third-order valence-electron chi connectivity index (χ3n) is 4.58. The van der Waals surface area contributed by atoms with E-state index in [9.17, 15) is 24.0 Å². The molecule has 0 aromatic heterocycles. The average molecular weight is 863 g/mol. The summed E-state index contributed by atoms with van der Waals surface area (Å²) in [6.07, 6.45) is -1.84. The highest BCUT2D eigenvalue weighted by Crippen LogP contribution is 2.36. The molecule has 0 saturated carbocycles. The summed E-state index contributed by atoms with van der Waals surface area (Å²) in [5, 5.41) is 4.49. The number of carbonyl (C=O) groups is 5. The number of rotatable bonds is 9. The van der Waals surface area contributed by atoms with E-state index in [0.29, 0.717) is 10.2 Å². The SMILES string of the molecule is CC(=O)OCC(OC(C)=O)C(=O)Nc1c(I)c(C(=O)Cl)c(I)c(C(=O)NCC2COC(C)(C)O2)c1I. The van der Waals surface area contributed by atoms with Crippen LogP contribution in [0.5, 0.6) is 0 Å². The zero-order valence-electron chi connectivity index (χ0n) is 19.5. The summed E-state index contributed by atoms with van der Waals surface area (Å²) in [4.78, 5) is 61.0. The summed E-state index contributed by atoms with van der Waals surface area (Å²) in [5.74, 6) is -3.57. The Balaban J connectivity index is 2.40. The van der Waals surface area contributed by atoms with Crippen molar-refractivity contribution in [3.8, 4) is 0 Å². The van der Waals surface area contributed by atoms with Crippen LogP contribution in [0.25, 0.3) is 0 Å². The van der Waals surface area contributed by atoms with Gasteiger partial charge < -0.3 is 29.6 Å². The van der Waals surface area contributed by atoms with Crippen LogP contribution in [0.4, 0.5) is 5.69 Å². The molecule has 2 rings (SSSR count). The molecule has 11 nitrogen and oxygen atoms in total. The van der Waals surface area contributed by atoms with E-state index in [0.717, 1.165) is 13.8 Å². The van der Waals surface area contributed by atoms with Crippen LogP contribution in [0.2, 0.25) is 0 Å². The highest BCUT2D eigenvalue weighted by Gasteiger charge is 2.34. The van der Waals surface area contributed by atoms with Crippen LogP contribution in [0.1, 0.15) is 48.4 Å². The summed E-state index contributed by atoms with van der Waals surface area (Å²) in [6.45, 7) is 5.67. The average Bonchev–Trinajstić information content (AvgIpc) is 3.10. The van der Waals surface area contributed by atoms with Gasteiger partial charge in [-0.2, -0.15) is 0 Å². The molecular weight excluding hydrogens is 840 g/mol. The van der Waals surface area contributed by atoms with Crippen molar-refractivity contribution >= 4 is 114 Å². The zero-order chi connectivity index (χ0) is 27.4. The number of esters is 2. The lowest BCUT2D eigenvalue weighted by Gasteiger charge is -2.21. The number of benzene rings is 1. The highest BCUT2D eigenvalue weighted by molar-refractivity contribution is 14.1. The van der Waals surface area contributed by atoms with Gasteiger partial charge in [0.1, 0.15) is 12.7 Å². The minimum Gasteiger partial charge on any atom is -0.461 e. The first-order valence-electron chi connectivity index (χ1n) is 10.3. The van der Waals surface area contributed by atoms with E-state index in [1.807, 2.05) is 67.8 Å². The first-order chi connectivity index (χ1) is 16.6. The number of amides is 2. The van der Waals surface area contributed by atoms with E-state index < -0.39 is 47.5 Å². The smallest absolute Gasteiger partial charge is 0.303 e. The quantitative estimate of drug-likeness (QED) is 0.217. The molecule has 2 atom stereocenters. The summed E-state index contributed by atoms with van der Waals surface area (Å²) in [7, 11) is 0. The number of halogens is 4. The van der Waals surface area contributed by atoms with E-state index in [-0.39, 0.29) is 36.6 Å². The Labute approximate surface area is 252 Å². The van der Waals surface area contributed by atoms with E-state index >= 15 is 0 Å². The maximum atomic E-state index is 13.2. The van der Waals surface area contributed by atoms with Gasteiger partial charge in [-0.15, -0.1) is 0 Å². The van der Waals surface area contributed by atoms with Gasteiger partial charge in [0, 0.05) is 24.0 Å². The van der Waals surface area contributed by atoms with Crippen molar-refractivity contribution in [3.63, 3.8) is 0 Å². The summed E-state index contributed by atoms with van der Waals surface area (Å²) in [6, 6.07) is 0. The third kappa shape index (κ3) is 8.34. The van der Waals surface area contributed by atoms with E-state index in [4.69, 9.17) is 30.5 Å². The van der Waals surface area contributed by atoms with Crippen LogP contribution in [0.15, 0.2) is 0 Å². The largest absolute Gasteiger partial charge is 0.461 e. The second kappa shape index (κ2) is 13.3. The Bertz CT molecular complexity index is 1100. The molecule has 15 heteroatoms. The minimum absolute atomic E-state index is 0.0179. The molecule has 0 radical (unpaired) electrons. The zero-order valence-corrected chi connectivity index (χ0v) is 26.7. The van der Waals surface area contributed by atoms with Crippen LogP contribution >= 0.6 is 79.4 Å². The van der Waals surface area contributed by atoms with Gasteiger partial charge in [-0.3, -0.25) is 24.0 Å². The van der Waals surface area contributed by atoms with Crippen molar-refractivity contribution in [1.29, 1.82) is 0 Å². The molecule has 1 aromatic carbocycles. The Morgan fingerprint density at radius 1 is 1.06 bits per heavy atom. The number of carbonyl (C=O) groups excluding carboxylic acids is 5. The van der Waals surface area contributed by atoms with E-state index in [2.05, 4.69) is 10.6 Å². The molecule has 0 bridgehead atoms. The molecule has 1 aliphatic heterocycles. The molecule has 0 aliphatic carbocycles. The normalized spacial score (nSPS) is 17.2. The van der Waals surface area contributed by atoms with Crippen molar-refractivity contribution in [2.24, 2.45) is 0 Å². The molecule has 1 saturated heterocycles.